The van der Waals surface area contributed by atoms with Crippen molar-refractivity contribution in [1.29, 1.82) is 0 Å². The Morgan fingerprint density at radius 1 is 1.20 bits per heavy atom. The number of thioether (sulfide) groups is 1. The zero-order valence-corrected chi connectivity index (χ0v) is 14.8. The van der Waals surface area contributed by atoms with E-state index in [1.807, 2.05) is 42.7 Å². The normalized spacial score (nSPS) is 12.6. The Hall–Kier alpha value is -2.60. The first-order valence-electron chi connectivity index (χ1n) is 7.78. The Balaban J connectivity index is 1.87. The van der Waals surface area contributed by atoms with Crippen molar-refractivity contribution in [3.63, 3.8) is 0 Å². The van der Waals surface area contributed by atoms with Crippen LogP contribution in [-0.4, -0.2) is 30.7 Å². The quantitative estimate of drug-likeness (QED) is 0.491. The lowest BCUT2D eigenvalue weighted by Gasteiger charge is -2.10. The van der Waals surface area contributed by atoms with E-state index in [0.717, 1.165) is 16.9 Å². The lowest BCUT2D eigenvalue weighted by molar-refractivity contribution is 0.0519. The maximum absolute atomic E-state index is 12.0. The molecule has 0 atom stereocenters. The second-order valence-electron chi connectivity index (χ2n) is 5.28. The molecule has 1 N–H and O–H groups in total. The van der Waals surface area contributed by atoms with Crippen LogP contribution in [0.5, 0.6) is 17.2 Å². The standard InChI is InChI=1S/C19H18O5S/c1-3-22-19(21)18-14(20)8-13(10-17(18)25-2)5-4-12-6-7-15-16(9-12)24-11-23-15/h4-10,20H,3,11H2,1-2H3/b5-4+. The van der Waals surface area contributed by atoms with Crippen molar-refractivity contribution in [3.05, 3.63) is 47.0 Å². The van der Waals surface area contributed by atoms with E-state index in [-0.39, 0.29) is 24.7 Å². The van der Waals surface area contributed by atoms with Crippen LogP contribution in [0.15, 0.2) is 35.2 Å². The fraction of sp³-hybridized carbons (Fsp3) is 0.211. The fourth-order valence-corrected chi connectivity index (χ4v) is 3.14. The molecule has 0 saturated heterocycles. The number of carbonyl (C=O) groups excluding carboxylic acids is 1. The van der Waals surface area contributed by atoms with Crippen molar-refractivity contribution in [2.75, 3.05) is 19.7 Å². The molecule has 0 aromatic heterocycles. The van der Waals surface area contributed by atoms with Gasteiger partial charge in [0.15, 0.2) is 11.5 Å². The molecule has 1 aliphatic heterocycles. The van der Waals surface area contributed by atoms with E-state index < -0.39 is 5.97 Å². The highest BCUT2D eigenvalue weighted by Crippen LogP contribution is 2.34. The number of rotatable bonds is 5. The van der Waals surface area contributed by atoms with Crippen molar-refractivity contribution in [2.45, 2.75) is 11.8 Å². The van der Waals surface area contributed by atoms with Gasteiger partial charge in [-0.3, -0.25) is 0 Å². The third kappa shape index (κ3) is 3.74. The molecule has 130 valence electrons. The number of phenols is 1. The third-order valence-electron chi connectivity index (χ3n) is 3.67. The minimum atomic E-state index is -0.518. The van der Waals surface area contributed by atoms with Crippen LogP contribution in [0.1, 0.15) is 28.4 Å². The number of aromatic hydroxyl groups is 1. The summed E-state index contributed by atoms with van der Waals surface area (Å²) in [5, 5.41) is 10.2. The second-order valence-corrected chi connectivity index (χ2v) is 6.13. The van der Waals surface area contributed by atoms with Gasteiger partial charge in [-0.15, -0.1) is 11.8 Å². The van der Waals surface area contributed by atoms with Gasteiger partial charge in [0.2, 0.25) is 6.79 Å². The first-order valence-corrected chi connectivity index (χ1v) is 9.00. The summed E-state index contributed by atoms with van der Waals surface area (Å²) in [5.74, 6) is 0.844. The van der Waals surface area contributed by atoms with Crippen molar-refractivity contribution in [3.8, 4) is 17.2 Å². The van der Waals surface area contributed by atoms with Crippen LogP contribution < -0.4 is 9.47 Å². The van der Waals surface area contributed by atoms with Gasteiger partial charge in [-0.25, -0.2) is 4.79 Å². The highest BCUT2D eigenvalue weighted by molar-refractivity contribution is 7.98. The summed E-state index contributed by atoms with van der Waals surface area (Å²) in [6.07, 6.45) is 5.62. The summed E-state index contributed by atoms with van der Waals surface area (Å²) in [7, 11) is 0. The van der Waals surface area contributed by atoms with E-state index in [1.165, 1.54) is 11.8 Å². The Morgan fingerprint density at radius 3 is 2.72 bits per heavy atom. The lowest BCUT2D eigenvalue weighted by atomic mass is 10.1. The Bertz CT molecular complexity index is 829. The third-order valence-corrected chi connectivity index (χ3v) is 4.43. The molecule has 0 radical (unpaired) electrons. The van der Waals surface area contributed by atoms with Crippen molar-refractivity contribution >= 4 is 29.9 Å². The van der Waals surface area contributed by atoms with Gasteiger partial charge in [-0.05, 0) is 48.6 Å². The number of carbonyl (C=O) groups is 1. The molecule has 0 aliphatic carbocycles. The van der Waals surface area contributed by atoms with Gasteiger partial charge in [0.05, 0.1) is 6.61 Å². The minimum Gasteiger partial charge on any atom is -0.507 e. The van der Waals surface area contributed by atoms with E-state index in [0.29, 0.717) is 10.6 Å². The van der Waals surface area contributed by atoms with Crippen LogP contribution in [0.4, 0.5) is 0 Å². The van der Waals surface area contributed by atoms with Crippen molar-refractivity contribution in [2.24, 2.45) is 0 Å². The van der Waals surface area contributed by atoms with Crippen molar-refractivity contribution in [1.82, 2.24) is 0 Å². The molecule has 1 heterocycles. The molecule has 0 unspecified atom stereocenters. The molecule has 1 aliphatic rings. The summed E-state index contributed by atoms with van der Waals surface area (Å²) < 4.78 is 15.7. The minimum absolute atomic E-state index is 0.0874. The van der Waals surface area contributed by atoms with Crippen molar-refractivity contribution < 1.29 is 24.1 Å². The summed E-state index contributed by atoms with van der Waals surface area (Å²) >= 11 is 1.38. The Kier molecular flexibility index (Phi) is 5.19. The van der Waals surface area contributed by atoms with Crippen LogP contribution in [-0.2, 0) is 4.74 Å². The van der Waals surface area contributed by atoms with Crippen LogP contribution in [0, 0.1) is 0 Å². The van der Waals surface area contributed by atoms with Crippen LogP contribution in [0.25, 0.3) is 12.2 Å². The lowest BCUT2D eigenvalue weighted by Crippen LogP contribution is -2.06. The maximum atomic E-state index is 12.0. The SMILES string of the molecule is CCOC(=O)c1c(O)cc(/C=C/c2ccc3c(c2)OCO3)cc1SC. The van der Waals surface area contributed by atoms with E-state index in [2.05, 4.69) is 0 Å². The van der Waals surface area contributed by atoms with E-state index in [4.69, 9.17) is 14.2 Å². The molecule has 0 bridgehead atoms. The van der Waals surface area contributed by atoms with Gasteiger partial charge in [0.1, 0.15) is 11.3 Å². The first kappa shape index (κ1) is 17.2. The highest BCUT2D eigenvalue weighted by Gasteiger charge is 2.18. The van der Waals surface area contributed by atoms with E-state index in [9.17, 15) is 9.90 Å². The highest BCUT2D eigenvalue weighted by atomic mass is 32.2. The van der Waals surface area contributed by atoms with Crippen LogP contribution in [0.2, 0.25) is 0 Å². The summed E-state index contributed by atoms with van der Waals surface area (Å²) in [4.78, 5) is 12.7. The zero-order chi connectivity index (χ0) is 17.8. The smallest absolute Gasteiger partial charge is 0.343 e. The average molecular weight is 358 g/mol. The first-order chi connectivity index (χ1) is 12.1. The number of fused-ring (bicyclic) bond motifs is 1. The second kappa shape index (κ2) is 7.53. The predicted molar refractivity (Wildman–Crippen MR) is 97.3 cm³/mol. The Labute approximate surface area is 150 Å². The maximum Gasteiger partial charge on any atom is 0.343 e. The predicted octanol–water partition coefficient (Wildman–Crippen LogP) is 4.19. The Morgan fingerprint density at radius 2 is 1.96 bits per heavy atom. The van der Waals surface area contributed by atoms with E-state index >= 15 is 0 Å². The number of benzene rings is 2. The molecular weight excluding hydrogens is 340 g/mol. The number of ether oxygens (including phenoxy) is 3. The monoisotopic (exact) mass is 358 g/mol. The number of hydrogen-bond donors (Lipinski definition) is 1. The average Bonchev–Trinajstić information content (AvgIpc) is 3.07. The van der Waals surface area contributed by atoms with Gasteiger partial charge in [-0.2, -0.15) is 0 Å². The molecule has 0 amide bonds. The largest absolute Gasteiger partial charge is 0.507 e. The molecule has 0 saturated carbocycles. The molecule has 0 spiro atoms. The summed E-state index contributed by atoms with van der Waals surface area (Å²) in [6.45, 7) is 2.23. The molecule has 25 heavy (non-hydrogen) atoms. The molecule has 2 aromatic carbocycles. The molecule has 2 aromatic rings. The van der Waals surface area contributed by atoms with Gasteiger partial charge in [-0.1, -0.05) is 18.2 Å². The zero-order valence-electron chi connectivity index (χ0n) is 13.9. The molecule has 5 nitrogen and oxygen atoms in total. The van der Waals surface area contributed by atoms with Gasteiger partial charge in [0, 0.05) is 4.90 Å². The molecule has 0 fully saturated rings. The molecule has 3 rings (SSSR count). The van der Waals surface area contributed by atoms with Gasteiger partial charge < -0.3 is 19.3 Å². The van der Waals surface area contributed by atoms with Crippen LogP contribution >= 0.6 is 11.8 Å². The fourth-order valence-electron chi connectivity index (χ4n) is 2.50. The van der Waals surface area contributed by atoms with Gasteiger partial charge >= 0.3 is 5.97 Å². The number of hydrogen-bond acceptors (Lipinski definition) is 6. The van der Waals surface area contributed by atoms with Crippen LogP contribution in [0.3, 0.4) is 0 Å². The van der Waals surface area contributed by atoms with E-state index in [1.54, 1.807) is 13.0 Å². The number of esters is 1. The summed E-state index contributed by atoms with van der Waals surface area (Å²) in [5.41, 5.74) is 1.94. The van der Waals surface area contributed by atoms with Gasteiger partial charge in [0.25, 0.3) is 0 Å². The molecule has 6 heteroatoms. The molecular formula is C19H18O5S. The number of phenolic OH excluding ortho intramolecular Hbond substituents is 1. The topological polar surface area (TPSA) is 65.0 Å². The summed E-state index contributed by atoms with van der Waals surface area (Å²) in [6, 6.07) is 9.07.